The predicted molar refractivity (Wildman–Crippen MR) is 111 cm³/mol. The van der Waals surface area contributed by atoms with E-state index in [-0.39, 0.29) is 5.91 Å². The second-order valence-electron chi connectivity index (χ2n) is 7.19. The summed E-state index contributed by atoms with van der Waals surface area (Å²) in [6.45, 7) is 3.15. The van der Waals surface area contributed by atoms with Gasteiger partial charge in [0.1, 0.15) is 17.9 Å². The van der Waals surface area contributed by atoms with E-state index in [2.05, 4.69) is 25.3 Å². The highest BCUT2D eigenvalue weighted by atomic mass is 16.5. The summed E-state index contributed by atoms with van der Waals surface area (Å²) in [5.74, 6) is 1.81. The number of fused-ring (bicyclic) bond motifs is 1. The molecule has 0 radical (unpaired) electrons. The Morgan fingerprint density at radius 3 is 2.72 bits per heavy atom. The monoisotopic (exact) mass is 394 g/mol. The van der Waals surface area contributed by atoms with Gasteiger partial charge in [0, 0.05) is 26.1 Å². The van der Waals surface area contributed by atoms with Crippen molar-refractivity contribution in [2.45, 2.75) is 32.2 Å². The van der Waals surface area contributed by atoms with Crippen molar-refractivity contribution in [3.63, 3.8) is 0 Å². The van der Waals surface area contributed by atoms with Crippen LogP contribution < -0.4 is 15.0 Å². The fourth-order valence-corrected chi connectivity index (χ4v) is 3.66. The van der Waals surface area contributed by atoms with E-state index in [9.17, 15) is 4.79 Å². The van der Waals surface area contributed by atoms with Gasteiger partial charge in [0.25, 0.3) is 0 Å². The van der Waals surface area contributed by atoms with Crippen molar-refractivity contribution < 1.29 is 9.53 Å². The van der Waals surface area contributed by atoms with Gasteiger partial charge in [-0.25, -0.2) is 14.6 Å². The maximum Gasteiger partial charge on any atom is 0.220 e. The number of carbonyl (C=O) groups is 1. The van der Waals surface area contributed by atoms with Crippen LogP contribution in [0.1, 0.15) is 24.8 Å². The number of methoxy groups -OCH3 is 1. The van der Waals surface area contributed by atoms with Gasteiger partial charge in [0.2, 0.25) is 5.91 Å². The maximum absolute atomic E-state index is 12.2. The Kier molecular flexibility index (Phi) is 5.88. The molecule has 0 bridgehead atoms. The van der Waals surface area contributed by atoms with Crippen LogP contribution >= 0.6 is 0 Å². The largest absolute Gasteiger partial charge is 0.497 e. The first-order valence-electron chi connectivity index (χ1n) is 10.1. The van der Waals surface area contributed by atoms with Crippen molar-refractivity contribution >= 4 is 22.8 Å². The number of carbonyl (C=O) groups excluding carboxylic acids is 1. The molecule has 3 heterocycles. The molecule has 0 saturated carbocycles. The zero-order valence-corrected chi connectivity index (χ0v) is 16.7. The number of aryl methyl sites for hydroxylation is 1. The van der Waals surface area contributed by atoms with Gasteiger partial charge in [0.15, 0.2) is 5.65 Å². The third kappa shape index (κ3) is 4.47. The average molecular weight is 394 g/mol. The molecule has 1 N–H and O–H groups in total. The zero-order valence-electron chi connectivity index (χ0n) is 16.7. The molecule has 29 heavy (non-hydrogen) atoms. The number of rotatable bonds is 8. The molecule has 3 aromatic rings. The Balaban J connectivity index is 1.29. The third-order valence-electron chi connectivity index (χ3n) is 5.26. The first-order chi connectivity index (χ1) is 14.2. The Morgan fingerprint density at radius 1 is 1.17 bits per heavy atom. The van der Waals surface area contributed by atoms with Gasteiger partial charge >= 0.3 is 0 Å². The Labute approximate surface area is 169 Å². The van der Waals surface area contributed by atoms with E-state index in [1.165, 1.54) is 12.8 Å². The van der Waals surface area contributed by atoms with Gasteiger partial charge in [-0.3, -0.25) is 4.79 Å². The molecule has 1 fully saturated rings. The summed E-state index contributed by atoms with van der Waals surface area (Å²) >= 11 is 0. The number of ether oxygens (including phenoxy) is 1. The number of benzene rings is 1. The molecule has 2 aromatic heterocycles. The third-order valence-corrected chi connectivity index (χ3v) is 5.26. The Hall–Kier alpha value is -3.16. The minimum Gasteiger partial charge on any atom is -0.497 e. The lowest BCUT2D eigenvalue weighted by Gasteiger charge is -2.16. The van der Waals surface area contributed by atoms with Gasteiger partial charge in [-0.15, -0.1) is 0 Å². The molecular weight excluding hydrogens is 368 g/mol. The lowest BCUT2D eigenvalue weighted by Crippen LogP contribution is -2.27. The highest BCUT2D eigenvalue weighted by molar-refractivity contribution is 5.86. The standard InChI is InChI=1S/C21H26N6O2/c1-29-17-7-4-16(5-8-17)6-9-19(28)22-10-13-27-21-18(14-25-27)20(23-15-24-21)26-11-2-3-12-26/h4-5,7-8,14-15H,2-3,6,9-13H2,1H3,(H,22,28). The van der Waals surface area contributed by atoms with E-state index in [1.54, 1.807) is 13.4 Å². The van der Waals surface area contributed by atoms with Crippen molar-refractivity contribution in [3.05, 3.63) is 42.4 Å². The van der Waals surface area contributed by atoms with Gasteiger partial charge < -0.3 is 15.0 Å². The smallest absolute Gasteiger partial charge is 0.220 e. The minimum absolute atomic E-state index is 0.0321. The van der Waals surface area contributed by atoms with Crippen molar-refractivity contribution in [1.29, 1.82) is 0 Å². The molecule has 8 heteroatoms. The molecule has 1 aromatic carbocycles. The highest BCUT2D eigenvalue weighted by Gasteiger charge is 2.18. The highest BCUT2D eigenvalue weighted by Crippen LogP contribution is 2.25. The molecule has 1 amide bonds. The first-order valence-corrected chi connectivity index (χ1v) is 10.1. The van der Waals surface area contributed by atoms with Crippen LogP contribution in [0.3, 0.4) is 0 Å². The summed E-state index contributed by atoms with van der Waals surface area (Å²) in [6.07, 6.45) is 6.97. The minimum atomic E-state index is 0.0321. The van der Waals surface area contributed by atoms with E-state index in [1.807, 2.05) is 35.1 Å². The molecule has 0 atom stereocenters. The quantitative estimate of drug-likeness (QED) is 0.630. The average Bonchev–Trinajstić information content (AvgIpc) is 3.43. The molecule has 1 saturated heterocycles. The summed E-state index contributed by atoms with van der Waals surface area (Å²) in [7, 11) is 1.64. The van der Waals surface area contributed by atoms with Crippen molar-refractivity contribution in [1.82, 2.24) is 25.1 Å². The van der Waals surface area contributed by atoms with Crippen LogP contribution in [0.15, 0.2) is 36.8 Å². The summed E-state index contributed by atoms with van der Waals surface area (Å²) in [5, 5.41) is 8.40. The lowest BCUT2D eigenvalue weighted by molar-refractivity contribution is -0.121. The molecule has 8 nitrogen and oxygen atoms in total. The van der Waals surface area contributed by atoms with Crippen LogP contribution in [0, 0.1) is 0 Å². The fraction of sp³-hybridized carbons (Fsp3) is 0.429. The predicted octanol–water partition coefficient (Wildman–Crippen LogP) is 2.18. The number of amides is 1. The molecule has 1 aliphatic rings. The molecule has 0 unspecified atom stereocenters. The van der Waals surface area contributed by atoms with E-state index >= 15 is 0 Å². The Morgan fingerprint density at radius 2 is 1.97 bits per heavy atom. The normalized spacial score (nSPS) is 13.8. The molecule has 0 spiro atoms. The number of nitrogens with zero attached hydrogens (tertiary/aromatic N) is 5. The van der Waals surface area contributed by atoms with Gasteiger partial charge in [-0.1, -0.05) is 12.1 Å². The number of nitrogens with one attached hydrogen (secondary N) is 1. The summed E-state index contributed by atoms with van der Waals surface area (Å²) in [5.41, 5.74) is 1.93. The zero-order chi connectivity index (χ0) is 20.1. The topological polar surface area (TPSA) is 85.2 Å². The molecule has 1 aliphatic heterocycles. The second kappa shape index (κ2) is 8.89. The SMILES string of the molecule is COc1ccc(CCC(=O)NCCn2ncc3c(N4CCCC4)ncnc32)cc1. The van der Waals surface area contributed by atoms with E-state index < -0.39 is 0 Å². The second-order valence-corrected chi connectivity index (χ2v) is 7.19. The summed E-state index contributed by atoms with van der Waals surface area (Å²) < 4.78 is 6.98. The van der Waals surface area contributed by atoms with Crippen molar-refractivity contribution in [2.24, 2.45) is 0 Å². The number of anilines is 1. The van der Waals surface area contributed by atoms with Gasteiger partial charge in [-0.2, -0.15) is 5.10 Å². The number of aromatic nitrogens is 4. The summed E-state index contributed by atoms with van der Waals surface area (Å²) in [4.78, 5) is 23.3. The number of hydrogen-bond donors (Lipinski definition) is 1. The Bertz CT molecular complexity index is 963. The van der Waals surface area contributed by atoms with Crippen LogP contribution in [0.25, 0.3) is 11.0 Å². The van der Waals surface area contributed by atoms with Crippen LogP contribution in [-0.2, 0) is 17.8 Å². The fourth-order valence-electron chi connectivity index (χ4n) is 3.66. The lowest BCUT2D eigenvalue weighted by atomic mass is 10.1. The molecule has 0 aliphatic carbocycles. The van der Waals surface area contributed by atoms with E-state index in [0.29, 0.717) is 25.9 Å². The van der Waals surface area contributed by atoms with Crippen molar-refractivity contribution in [3.8, 4) is 5.75 Å². The molecule has 4 rings (SSSR count). The van der Waals surface area contributed by atoms with Crippen LogP contribution in [0.5, 0.6) is 5.75 Å². The van der Waals surface area contributed by atoms with Gasteiger partial charge in [-0.05, 0) is 37.0 Å². The van der Waals surface area contributed by atoms with Gasteiger partial charge in [0.05, 0.1) is 25.2 Å². The maximum atomic E-state index is 12.2. The van der Waals surface area contributed by atoms with Crippen molar-refractivity contribution in [2.75, 3.05) is 31.6 Å². The summed E-state index contributed by atoms with van der Waals surface area (Å²) in [6, 6.07) is 7.79. The van der Waals surface area contributed by atoms with E-state index in [4.69, 9.17) is 4.74 Å². The van der Waals surface area contributed by atoms with Crippen LogP contribution in [0.2, 0.25) is 0 Å². The molecular formula is C21H26N6O2. The first kappa shape index (κ1) is 19.2. The van der Waals surface area contributed by atoms with E-state index in [0.717, 1.165) is 41.3 Å². The molecule has 152 valence electrons. The van der Waals surface area contributed by atoms with Crippen LogP contribution in [-0.4, -0.2) is 52.4 Å². The number of hydrogen-bond acceptors (Lipinski definition) is 6. The van der Waals surface area contributed by atoms with Crippen LogP contribution in [0.4, 0.5) is 5.82 Å².